The molecule has 0 aromatic heterocycles. The maximum atomic E-state index is 13.5. The lowest BCUT2D eigenvalue weighted by atomic mass is 9.94. The molecule has 0 radical (unpaired) electrons. The Bertz CT molecular complexity index is 1490. The normalized spacial score (nSPS) is 28.2. The SMILES string of the molecule is O=P1(OCc2ccccc2)OC[C@@H]([C@H]2OC(OCc3ccccc3)[C@H](O)[C@@H](OCc3ccccc3)[C@@H]2OCc2ccccc2)O1. The molecule has 4 aromatic carbocycles. The quantitative estimate of drug-likeness (QED) is 0.173. The largest absolute Gasteiger partial charge is 0.475 e. The number of hydrogen-bond donors (Lipinski definition) is 1. The van der Waals surface area contributed by atoms with Gasteiger partial charge in [-0.05, 0) is 22.3 Å². The van der Waals surface area contributed by atoms with Crippen LogP contribution < -0.4 is 0 Å². The summed E-state index contributed by atoms with van der Waals surface area (Å²) in [6.45, 7) is 0.599. The molecular formula is C35H37O9P. The molecule has 2 saturated heterocycles. The van der Waals surface area contributed by atoms with E-state index in [4.69, 9.17) is 32.5 Å². The summed E-state index contributed by atoms with van der Waals surface area (Å²) in [7, 11) is -3.92. The highest BCUT2D eigenvalue weighted by atomic mass is 31.2. The van der Waals surface area contributed by atoms with E-state index < -0.39 is 44.6 Å². The van der Waals surface area contributed by atoms with Gasteiger partial charge in [0.1, 0.15) is 30.5 Å². The first-order valence-corrected chi connectivity index (χ1v) is 16.4. The molecule has 0 bridgehead atoms. The molecule has 2 aliphatic heterocycles. The molecule has 9 nitrogen and oxygen atoms in total. The molecule has 0 aliphatic carbocycles. The highest BCUT2D eigenvalue weighted by molar-refractivity contribution is 7.48. The van der Waals surface area contributed by atoms with Crippen LogP contribution in [0.15, 0.2) is 121 Å². The smallest absolute Gasteiger partial charge is 0.385 e. The number of hydrogen-bond acceptors (Lipinski definition) is 9. The summed E-state index contributed by atoms with van der Waals surface area (Å²) in [6.07, 6.45) is -5.77. The summed E-state index contributed by atoms with van der Waals surface area (Å²) in [5.74, 6) is 0. The summed E-state index contributed by atoms with van der Waals surface area (Å²) in [6, 6.07) is 38.3. The molecule has 2 heterocycles. The molecule has 0 saturated carbocycles. The Morgan fingerprint density at radius 3 is 1.58 bits per heavy atom. The fourth-order valence-electron chi connectivity index (χ4n) is 5.30. The molecule has 1 N–H and O–H groups in total. The van der Waals surface area contributed by atoms with Crippen molar-refractivity contribution < 1.29 is 42.2 Å². The predicted octanol–water partition coefficient (Wildman–Crippen LogP) is 6.20. The second-order valence-corrected chi connectivity index (χ2v) is 12.5. The maximum absolute atomic E-state index is 13.5. The summed E-state index contributed by atoms with van der Waals surface area (Å²) in [5, 5.41) is 11.6. The van der Waals surface area contributed by atoms with Crippen molar-refractivity contribution in [2.45, 2.75) is 63.2 Å². The van der Waals surface area contributed by atoms with Gasteiger partial charge in [-0.15, -0.1) is 0 Å². The Labute approximate surface area is 263 Å². The van der Waals surface area contributed by atoms with E-state index in [0.717, 1.165) is 22.3 Å². The van der Waals surface area contributed by atoms with Gasteiger partial charge in [-0.3, -0.25) is 13.6 Å². The van der Waals surface area contributed by atoms with Gasteiger partial charge < -0.3 is 24.1 Å². The van der Waals surface area contributed by atoms with Gasteiger partial charge in [0.05, 0.1) is 33.0 Å². The zero-order chi connectivity index (χ0) is 30.9. The average Bonchev–Trinajstić information content (AvgIpc) is 3.49. The number of ether oxygens (including phenoxy) is 4. The first-order chi connectivity index (χ1) is 22.1. The van der Waals surface area contributed by atoms with Crippen molar-refractivity contribution in [1.82, 2.24) is 0 Å². The topological polar surface area (TPSA) is 102 Å². The van der Waals surface area contributed by atoms with Gasteiger partial charge in [-0.2, -0.15) is 0 Å². The third-order valence-electron chi connectivity index (χ3n) is 7.64. The van der Waals surface area contributed by atoms with Gasteiger partial charge in [-0.25, -0.2) is 4.57 Å². The van der Waals surface area contributed by atoms with Crippen molar-refractivity contribution in [1.29, 1.82) is 0 Å². The minimum absolute atomic E-state index is 0.0502. The van der Waals surface area contributed by atoms with E-state index in [-0.39, 0.29) is 33.0 Å². The Kier molecular flexibility index (Phi) is 10.9. The van der Waals surface area contributed by atoms with E-state index in [1.165, 1.54) is 0 Å². The van der Waals surface area contributed by atoms with E-state index in [1.54, 1.807) is 0 Å². The van der Waals surface area contributed by atoms with Crippen LogP contribution in [0.4, 0.5) is 0 Å². The number of benzene rings is 4. The van der Waals surface area contributed by atoms with Crippen molar-refractivity contribution in [2.24, 2.45) is 0 Å². The zero-order valence-electron chi connectivity index (χ0n) is 24.7. The molecule has 45 heavy (non-hydrogen) atoms. The summed E-state index contributed by atoms with van der Waals surface area (Å²) >= 11 is 0. The van der Waals surface area contributed by atoms with Gasteiger partial charge in [0.2, 0.25) is 0 Å². The summed E-state index contributed by atoms with van der Waals surface area (Å²) in [5.41, 5.74) is 3.59. The lowest BCUT2D eigenvalue weighted by Gasteiger charge is -2.45. The van der Waals surface area contributed by atoms with Crippen LogP contribution in [0.25, 0.3) is 0 Å². The first kappa shape index (κ1) is 31.8. The van der Waals surface area contributed by atoms with E-state index in [0.29, 0.717) is 0 Å². The van der Waals surface area contributed by atoms with Gasteiger partial charge in [0, 0.05) is 0 Å². The fraction of sp³-hybridized carbons (Fsp3) is 0.314. The lowest BCUT2D eigenvalue weighted by molar-refractivity contribution is -0.325. The van der Waals surface area contributed by atoms with Crippen molar-refractivity contribution in [2.75, 3.05) is 6.61 Å². The highest BCUT2D eigenvalue weighted by Gasteiger charge is 2.54. The second kappa shape index (κ2) is 15.4. The lowest BCUT2D eigenvalue weighted by Crippen LogP contribution is -2.63. The van der Waals surface area contributed by atoms with Gasteiger partial charge in [0.25, 0.3) is 0 Å². The third kappa shape index (κ3) is 8.54. The van der Waals surface area contributed by atoms with Crippen LogP contribution in [0.2, 0.25) is 0 Å². The Morgan fingerprint density at radius 2 is 1.07 bits per heavy atom. The number of rotatable bonds is 13. The van der Waals surface area contributed by atoms with Crippen molar-refractivity contribution in [3.05, 3.63) is 144 Å². The molecule has 6 rings (SSSR count). The molecule has 0 amide bonds. The minimum atomic E-state index is -3.92. The van der Waals surface area contributed by atoms with Crippen molar-refractivity contribution in [3.8, 4) is 0 Å². The third-order valence-corrected chi connectivity index (χ3v) is 9.08. The van der Waals surface area contributed by atoms with E-state index in [1.807, 2.05) is 121 Å². The fourth-order valence-corrected chi connectivity index (χ4v) is 6.64. The van der Waals surface area contributed by atoms with E-state index in [9.17, 15) is 9.67 Å². The van der Waals surface area contributed by atoms with Crippen LogP contribution in [0, 0.1) is 0 Å². The molecule has 10 heteroatoms. The monoisotopic (exact) mass is 632 g/mol. The Hall–Kier alpha value is -3.21. The number of aliphatic hydroxyl groups excluding tert-OH is 1. The first-order valence-electron chi connectivity index (χ1n) is 15.0. The van der Waals surface area contributed by atoms with Crippen LogP contribution in [0.1, 0.15) is 22.3 Å². The molecular weight excluding hydrogens is 595 g/mol. The Balaban J connectivity index is 1.24. The van der Waals surface area contributed by atoms with E-state index in [2.05, 4.69) is 0 Å². The molecule has 2 fully saturated rings. The predicted molar refractivity (Wildman–Crippen MR) is 166 cm³/mol. The van der Waals surface area contributed by atoms with Gasteiger partial charge in [0.15, 0.2) is 6.29 Å². The highest BCUT2D eigenvalue weighted by Crippen LogP contribution is 2.57. The Morgan fingerprint density at radius 1 is 0.622 bits per heavy atom. The molecule has 0 spiro atoms. The van der Waals surface area contributed by atoms with Crippen molar-refractivity contribution >= 4 is 7.82 Å². The molecule has 4 aromatic rings. The standard InChI is InChI=1S/C35H37O9P/c36-31-33(38-21-26-13-5-1-6-14-26)34(39-22-27-15-7-2-8-16-27)32(43-35(31)40-23-28-17-9-3-10-18-28)30-25-42-45(37,44-30)41-24-29-19-11-4-12-20-29/h1-20,30-36H,21-25H2/t30-,31+,32+,33+,34+,35?,45?/m0/s1. The van der Waals surface area contributed by atoms with Crippen LogP contribution in [0.3, 0.4) is 0 Å². The number of phosphoric ester groups is 1. The average molecular weight is 633 g/mol. The van der Waals surface area contributed by atoms with Crippen LogP contribution >= 0.6 is 7.82 Å². The molecule has 2 aliphatic rings. The second-order valence-electron chi connectivity index (χ2n) is 10.9. The maximum Gasteiger partial charge on any atom is 0.475 e. The van der Waals surface area contributed by atoms with Crippen LogP contribution in [0.5, 0.6) is 0 Å². The van der Waals surface area contributed by atoms with Crippen LogP contribution in [-0.2, 0) is 63.5 Å². The zero-order valence-corrected chi connectivity index (χ0v) is 25.6. The molecule has 236 valence electrons. The van der Waals surface area contributed by atoms with Crippen molar-refractivity contribution in [3.63, 3.8) is 0 Å². The summed E-state index contributed by atoms with van der Waals surface area (Å²) < 4.78 is 56.1. The van der Waals surface area contributed by atoms with E-state index >= 15 is 0 Å². The van der Waals surface area contributed by atoms with Gasteiger partial charge >= 0.3 is 7.82 Å². The number of phosphoric acid groups is 1. The molecule has 2 unspecified atom stereocenters. The molecule has 7 atom stereocenters. The van der Waals surface area contributed by atoms with Gasteiger partial charge in [-0.1, -0.05) is 121 Å². The summed E-state index contributed by atoms with van der Waals surface area (Å²) in [4.78, 5) is 0. The minimum Gasteiger partial charge on any atom is -0.385 e. The van der Waals surface area contributed by atoms with Crippen LogP contribution in [-0.4, -0.2) is 48.5 Å². The number of aliphatic hydroxyl groups is 1.